The Kier molecular flexibility index (Phi) is 3.06. The van der Waals surface area contributed by atoms with Gasteiger partial charge in [0.15, 0.2) is 5.69 Å². The van der Waals surface area contributed by atoms with Crippen LogP contribution in [-0.4, -0.2) is 35.8 Å². The van der Waals surface area contributed by atoms with Crippen LogP contribution < -0.4 is 5.73 Å². The highest BCUT2D eigenvalue weighted by atomic mass is 16.5. The van der Waals surface area contributed by atoms with Crippen LogP contribution in [0.3, 0.4) is 0 Å². The number of nitrogen functional groups attached to an aromatic ring is 1. The van der Waals surface area contributed by atoms with Crippen molar-refractivity contribution in [2.45, 2.75) is 25.3 Å². The van der Waals surface area contributed by atoms with Gasteiger partial charge < -0.3 is 19.8 Å². The molecule has 0 amide bonds. The molecule has 0 saturated carbocycles. The smallest absolute Gasteiger partial charge is 0.360 e. The number of nitrogens with zero attached hydrogens (tertiary/aromatic N) is 2. The topological polar surface area (TPSA) is 79.4 Å². The zero-order valence-corrected chi connectivity index (χ0v) is 10.1. The third-order valence-electron chi connectivity index (χ3n) is 3.18. The number of carbonyl (C=O) groups excluding carboxylic acids is 1. The normalized spacial score (nSPS) is 24.6. The summed E-state index contributed by atoms with van der Waals surface area (Å²) in [5.41, 5.74) is 5.87. The number of ether oxygens (including phenoxy) is 2. The molecule has 1 aliphatic heterocycles. The number of imidazole rings is 1. The monoisotopic (exact) mass is 239 g/mol. The van der Waals surface area contributed by atoms with E-state index in [1.165, 1.54) is 7.11 Å². The van der Waals surface area contributed by atoms with Crippen molar-refractivity contribution in [2.24, 2.45) is 0 Å². The number of carbonyl (C=O) groups is 1. The molecule has 1 aliphatic rings. The Labute approximate surface area is 99.7 Å². The Morgan fingerprint density at radius 2 is 2.47 bits per heavy atom. The van der Waals surface area contributed by atoms with Crippen LogP contribution in [-0.2, 0) is 15.0 Å². The van der Waals surface area contributed by atoms with E-state index in [2.05, 4.69) is 9.72 Å². The van der Waals surface area contributed by atoms with Crippen LogP contribution >= 0.6 is 0 Å². The van der Waals surface area contributed by atoms with E-state index in [1.54, 1.807) is 10.9 Å². The number of hydrogen-bond acceptors (Lipinski definition) is 5. The largest absolute Gasteiger partial charge is 0.464 e. The fourth-order valence-electron chi connectivity index (χ4n) is 2.15. The van der Waals surface area contributed by atoms with Gasteiger partial charge in [-0.15, -0.1) is 0 Å². The lowest BCUT2D eigenvalue weighted by Gasteiger charge is -2.35. The van der Waals surface area contributed by atoms with Crippen molar-refractivity contribution < 1.29 is 14.3 Å². The third-order valence-corrected chi connectivity index (χ3v) is 3.18. The van der Waals surface area contributed by atoms with Gasteiger partial charge in [0, 0.05) is 6.61 Å². The highest BCUT2D eigenvalue weighted by Gasteiger charge is 2.32. The second-order valence-electron chi connectivity index (χ2n) is 4.49. The molecule has 2 heterocycles. The maximum Gasteiger partial charge on any atom is 0.360 e. The molecule has 1 atom stereocenters. The molecule has 1 saturated heterocycles. The molecule has 2 N–H and O–H groups in total. The highest BCUT2D eigenvalue weighted by molar-refractivity contribution is 5.92. The quantitative estimate of drug-likeness (QED) is 0.771. The summed E-state index contributed by atoms with van der Waals surface area (Å²) in [5.74, 6) is -0.175. The summed E-state index contributed by atoms with van der Waals surface area (Å²) in [6.45, 7) is 3.40. The van der Waals surface area contributed by atoms with E-state index in [-0.39, 0.29) is 11.2 Å². The molecule has 6 nitrogen and oxygen atoms in total. The first-order valence-corrected chi connectivity index (χ1v) is 5.58. The fourth-order valence-corrected chi connectivity index (χ4v) is 2.15. The average Bonchev–Trinajstić information content (AvgIpc) is 2.72. The molecule has 1 aromatic rings. The van der Waals surface area contributed by atoms with E-state index in [0.717, 1.165) is 19.4 Å². The van der Waals surface area contributed by atoms with Crippen molar-refractivity contribution in [1.82, 2.24) is 9.55 Å². The summed E-state index contributed by atoms with van der Waals surface area (Å²) in [5, 5.41) is 0. The summed E-state index contributed by atoms with van der Waals surface area (Å²) in [7, 11) is 1.31. The van der Waals surface area contributed by atoms with Crippen molar-refractivity contribution in [3.8, 4) is 0 Å². The van der Waals surface area contributed by atoms with Crippen molar-refractivity contribution in [3.63, 3.8) is 0 Å². The molecule has 6 heteroatoms. The maximum absolute atomic E-state index is 11.4. The summed E-state index contributed by atoms with van der Waals surface area (Å²) < 4.78 is 11.9. The Morgan fingerprint density at radius 1 is 1.71 bits per heavy atom. The first kappa shape index (κ1) is 11.9. The second-order valence-corrected chi connectivity index (χ2v) is 4.49. The van der Waals surface area contributed by atoms with Gasteiger partial charge in [0.1, 0.15) is 5.82 Å². The standard InChI is InChI=1S/C11H17N3O3/c1-11(4-3-5-17-6-11)14-7-13-8(9(14)12)10(15)16-2/h7H,3-6,12H2,1-2H3. The SMILES string of the molecule is COC(=O)c1ncn(C2(C)CCCOC2)c1N. The van der Waals surface area contributed by atoms with Crippen LogP contribution in [0.5, 0.6) is 0 Å². The molecule has 94 valence electrons. The molecule has 0 aliphatic carbocycles. The van der Waals surface area contributed by atoms with Crippen LogP contribution in [0.15, 0.2) is 6.33 Å². The molecule has 2 rings (SSSR count). The number of rotatable bonds is 2. The lowest BCUT2D eigenvalue weighted by atomic mass is 9.94. The molecular formula is C11H17N3O3. The maximum atomic E-state index is 11.4. The molecule has 0 bridgehead atoms. The van der Waals surface area contributed by atoms with E-state index in [9.17, 15) is 4.79 Å². The number of hydrogen-bond donors (Lipinski definition) is 1. The number of aromatic nitrogens is 2. The third kappa shape index (κ3) is 2.00. The lowest BCUT2D eigenvalue weighted by Crippen LogP contribution is -2.39. The molecule has 0 aromatic carbocycles. The Hall–Kier alpha value is -1.56. The van der Waals surface area contributed by atoms with Gasteiger partial charge in [0.25, 0.3) is 0 Å². The predicted octanol–water partition coefficient (Wildman–Crippen LogP) is 0.778. The van der Waals surface area contributed by atoms with Crippen LogP contribution in [0.4, 0.5) is 5.82 Å². The van der Waals surface area contributed by atoms with Gasteiger partial charge in [-0.25, -0.2) is 9.78 Å². The van der Waals surface area contributed by atoms with Gasteiger partial charge in [-0.1, -0.05) is 0 Å². The number of nitrogens with two attached hydrogens (primary N) is 1. The first-order valence-electron chi connectivity index (χ1n) is 5.58. The minimum absolute atomic E-state index is 0.166. The first-order chi connectivity index (χ1) is 8.08. The molecule has 0 spiro atoms. The van der Waals surface area contributed by atoms with Gasteiger partial charge >= 0.3 is 5.97 Å². The second kappa shape index (κ2) is 4.37. The van der Waals surface area contributed by atoms with Crippen molar-refractivity contribution in [1.29, 1.82) is 0 Å². The van der Waals surface area contributed by atoms with Gasteiger partial charge in [0.05, 0.1) is 25.6 Å². The molecule has 1 unspecified atom stereocenters. The van der Waals surface area contributed by atoms with Gasteiger partial charge in [0.2, 0.25) is 0 Å². The van der Waals surface area contributed by atoms with Crippen molar-refractivity contribution >= 4 is 11.8 Å². The predicted molar refractivity (Wildman–Crippen MR) is 61.7 cm³/mol. The van der Waals surface area contributed by atoms with Crippen molar-refractivity contribution in [3.05, 3.63) is 12.0 Å². The summed E-state index contributed by atoms with van der Waals surface area (Å²) in [6.07, 6.45) is 3.51. The van der Waals surface area contributed by atoms with E-state index >= 15 is 0 Å². The summed E-state index contributed by atoms with van der Waals surface area (Å²) in [4.78, 5) is 15.4. The Morgan fingerprint density at radius 3 is 3.06 bits per heavy atom. The summed E-state index contributed by atoms with van der Waals surface area (Å²) >= 11 is 0. The Bertz CT molecular complexity index is 422. The van der Waals surface area contributed by atoms with E-state index < -0.39 is 5.97 Å². The van der Waals surface area contributed by atoms with E-state index in [4.69, 9.17) is 10.5 Å². The molecule has 0 radical (unpaired) electrons. The zero-order valence-electron chi connectivity index (χ0n) is 10.1. The van der Waals surface area contributed by atoms with Gasteiger partial charge in [-0.3, -0.25) is 0 Å². The fraction of sp³-hybridized carbons (Fsp3) is 0.636. The van der Waals surface area contributed by atoms with Crippen LogP contribution in [0.1, 0.15) is 30.3 Å². The van der Waals surface area contributed by atoms with Gasteiger partial charge in [-0.05, 0) is 19.8 Å². The van der Waals surface area contributed by atoms with Gasteiger partial charge in [-0.2, -0.15) is 0 Å². The molecular weight excluding hydrogens is 222 g/mol. The van der Waals surface area contributed by atoms with Crippen molar-refractivity contribution in [2.75, 3.05) is 26.1 Å². The van der Waals surface area contributed by atoms with E-state index in [0.29, 0.717) is 12.4 Å². The summed E-state index contributed by atoms with van der Waals surface area (Å²) in [6, 6.07) is 0. The van der Waals surface area contributed by atoms with Crippen LogP contribution in [0.2, 0.25) is 0 Å². The number of esters is 1. The van der Waals surface area contributed by atoms with E-state index in [1.807, 2.05) is 6.92 Å². The average molecular weight is 239 g/mol. The zero-order chi connectivity index (χ0) is 12.5. The molecule has 1 fully saturated rings. The molecule has 17 heavy (non-hydrogen) atoms. The van der Waals surface area contributed by atoms with Crippen LogP contribution in [0, 0.1) is 0 Å². The molecule has 1 aromatic heterocycles. The number of methoxy groups -OCH3 is 1. The minimum atomic E-state index is -0.512. The highest BCUT2D eigenvalue weighted by Crippen LogP contribution is 2.30. The Balaban J connectivity index is 2.33. The lowest BCUT2D eigenvalue weighted by molar-refractivity contribution is 0.0104. The van der Waals surface area contributed by atoms with Crippen LogP contribution in [0.25, 0.3) is 0 Å². The number of anilines is 1. The minimum Gasteiger partial charge on any atom is -0.464 e.